The molecule has 1 N–H and O–H groups in total. The molecule has 0 spiro atoms. The lowest BCUT2D eigenvalue weighted by Crippen LogP contribution is -2.01. The molecule has 4 nitrogen and oxygen atoms in total. The summed E-state index contributed by atoms with van der Waals surface area (Å²) in [5.41, 5.74) is 1.33. The van der Waals surface area contributed by atoms with Crippen molar-refractivity contribution in [3.8, 4) is 11.3 Å². The van der Waals surface area contributed by atoms with Crippen molar-refractivity contribution in [1.29, 1.82) is 0 Å². The second-order valence-electron chi connectivity index (χ2n) is 4.95. The Kier molecular flexibility index (Phi) is 3.44. The molecule has 21 heavy (non-hydrogen) atoms. The molecule has 106 valence electrons. The van der Waals surface area contributed by atoms with Gasteiger partial charge in [0.25, 0.3) is 0 Å². The third-order valence-electron chi connectivity index (χ3n) is 3.48. The maximum Gasteiger partial charge on any atom is 0.341 e. The van der Waals surface area contributed by atoms with Crippen LogP contribution in [-0.4, -0.2) is 16.2 Å². The van der Waals surface area contributed by atoms with E-state index in [-0.39, 0.29) is 5.56 Å². The number of benzene rings is 2. The minimum atomic E-state index is -0.997. The molecule has 0 unspecified atom stereocenters. The SMILES string of the molecule is CCCc1onc(-c2ccc3ccccc3c2)c1C(=O)O. The number of rotatable bonds is 4. The lowest BCUT2D eigenvalue weighted by Gasteiger charge is -2.02. The fraction of sp³-hybridized carbons (Fsp3) is 0.176. The Morgan fingerprint density at radius 1 is 1.19 bits per heavy atom. The van der Waals surface area contributed by atoms with Crippen LogP contribution in [0.1, 0.15) is 29.5 Å². The van der Waals surface area contributed by atoms with Crippen LogP contribution in [0, 0.1) is 0 Å². The van der Waals surface area contributed by atoms with E-state index in [1.165, 1.54) is 0 Å². The Morgan fingerprint density at radius 2 is 1.95 bits per heavy atom. The van der Waals surface area contributed by atoms with Crippen molar-refractivity contribution < 1.29 is 14.4 Å². The second-order valence-corrected chi connectivity index (χ2v) is 4.95. The molecule has 0 saturated heterocycles. The molecule has 0 aliphatic carbocycles. The molecule has 0 atom stereocenters. The summed E-state index contributed by atoms with van der Waals surface area (Å²) in [4.78, 5) is 11.5. The Morgan fingerprint density at radius 3 is 2.67 bits per heavy atom. The van der Waals surface area contributed by atoms with Crippen molar-refractivity contribution >= 4 is 16.7 Å². The summed E-state index contributed by atoms with van der Waals surface area (Å²) in [5, 5.41) is 15.6. The van der Waals surface area contributed by atoms with Gasteiger partial charge in [-0.05, 0) is 23.3 Å². The maximum absolute atomic E-state index is 11.5. The van der Waals surface area contributed by atoms with E-state index in [2.05, 4.69) is 5.16 Å². The monoisotopic (exact) mass is 281 g/mol. The molecule has 0 amide bonds. The number of carboxylic acids is 1. The molecule has 4 heteroatoms. The lowest BCUT2D eigenvalue weighted by molar-refractivity contribution is 0.0695. The molecule has 1 heterocycles. The molecule has 0 saturated carbocycles. The van der Waals surface area contributed by atoms with E-state index in [0.717, 1.165) is 22.8 Å². The van der Waals surface area contributed by atoms with E-state index in [4.69, 9.17) is 4.52 Å². The second kappa shape index (κ2) is 5.40. The van der Waals surface area contributed by atoms with E-state index >= 15 is 0 Å². The van der Waals surface area contributed by atoms with Crippen LogP contribution in [0.15, 0.2) is 47.0 Å². The summed E-state index contributed by atoms with van der Waals surface area (Å²) in [6, 6.07) is 13.7. The van der Waals surface area contributed by atoms with E-state index in [0.29, 0.717) is 17.9 Å². The number of nitrogens with zero attached hydrogens (tertiary/aromatic N) is 1. The predicted molar refractivity (Wildman–Crippen MR) is 80.4 cm³/mol. The number of aromatic nitrogens is 1. The van der Waals surface area contributed by atoms with Crippen LogP contribution >= 0.6 is 0 Å². The van der Waals surface area contributed by atoms with Gasteiger partial charge in [0.05, 0.1) is 0 Å². The quantitative estimate of drug-likeness (QED) is 0.780. The highest BCUT2D eigenvalue weighted by atomic mass is 16.5. The molecular formula is C17H15NO3. The van der Waals surface area contributed by atoms with Gasteiger partial charge in [-0.2, -0.15) is 0 Å². The Hall–Kier alpha value is -2.62. The first-order valence-corrected chi connectivity index (χ1v) is 6.91. The van der Waals surface area contributed by atoms with Crippen molar-refractivity contribution in [3.63, 3.8) is 0 Å². The predicted octanol–water partition coefficient (Wildman–Crippen LogP) is 4.15. The highest BCUT2D eigenvalue weighted by molar-refractivity contribution is 5.97. The van der Waals surface area contributed by atoms with E-state index in [9.17, 15) is 9.90 Å². The minimum Gasteiger partial charge on any atom is -0.477 e. The van der Waals surface area contributed by atoms with Gasteiger partial charge in [0.15, 0.2) is 5.76 Å². The van der Waals surface area contributed by atoms with Crippen LogP contribution in [0.2, 0.25) is 0 Å². The average molecular weight is 281 g/mol. The molecule has 0 radical (unpaired) electrons. The highest BCUT2D eigenvalue weighted by Gasteiger charge is 2.22. The number of aryl methyl sites for hydroxylation is 1. The van der Waals surface area contributed by atoms with Gasteiger partial charge in [-0.25, -0.2) is 4.79 Å². The van der Waals surface area contributed by atoms with Crippen LogP contribution in [-0.2, 0) is 6.42 Å². The van der Waals surface area contributed by atoms with Gasteiger partial charge in [0.1, 0.15) is 11.3 Å². The normalized spacial score (nSPS) is 10.9. The Bertz CT molecular complexity index is 805. The summed E-state index contributed by atoms with van der Waals surface area (Å²) in [5.74, 6) is -0.559. The zero-order valence-electron chi connectivity index (χ0n) is 11.7. The minimum absolute atomic E-state index is 0.173. The summed E-state index contributed by atoms with van der Waals surface area (Å²) in [6.07, 6.45) is 1.38. The molecule has 3 rings (SSSR count). The number of carbonyl (C=O) groups is 1. The third kappa shape index (κ3) is 2.40. The van der Waals surface area contributed by atoms with Crippen molar-refractivity contribution in [2.24, 2.45) is 0 Å². The lowest BCUT2D eigenvalue weighted by atomic mass is 10.0. The van der Waals surface area contributed by atoms with Crippen LogP contribution in [0.3, 0.4) is 0 Å². The number of hydrogen-bond acceptors (Lipinski definition) is 3. The first kappa shape index (κ1) is 13.4. The van der Waals surface area contributed by atoms with Crippen LogP contribution < -0.4 is 0 Å². The third-order valence-corrected chi connectivity index (χ3v) is 3.48. The van der Waals surface area contributed by atoms with Crippen molar-refractivity contribution in [2.45, 2.75) is 19.8 Å². The molecule has 1 aromatic heterocycles. The fourth-order valence-corrected chi connectivity index (χ4v) is 2.48. The Balaban J connectivity index is 2.15. The van der Waals surface area contributed by atoms with Gasteiger partial charge in [-0.15, -0.1) is 0 Å². The van der Waals surface area contributed by atoms with Gasteiger partial charge in [-0.1, -0.05) is 48.5 Å². The van der Waals surface area contributed by atoms with Gasteiger partial charge in [0, 0.05) is 12.0 Å². The van der Waals surface area contributed by atoms with E-state index < -0.39 is 5.97 Å². The molecule has 3 aromatic rings. The molecule has 0 fully saturated rings. The van der Waals surface area contributed by atoms with Crippen molar-refractivity contribution in [3.05, 3.63) is 53.8 Å². The number of carboxylic acid groups (broad SMARTS) is 1. The zero-order chi connectivity index (χ0) is 14.8. The topological polar surface area (TPSA) is 63.3 Å². The zero-order valence-corrected chi connectivity index (χ0v) is 11.7. The van der Waals surface area contributed by atoms with Crippen LogP contribution in [0.5, 0.6) is 0 Å². The summed E-state index contributed by atoms with van der Waals surface area (Å²) in [6.45, 7) is 1.98. The first-order chi connectivity index (χ1) is 10.2. The van der Waals surface area contributed by atoms with Gasteiger partial charge >= 0.3 is 5.97 Å². The van der Waals surface area contributed by atoms with Gasteiger partial charge in [-0.3, -0.25) is 0 Å². The summed E-state index contributed by atoms with van der Waals surface area (Å²) in [7, 11) is 0. The molecule has 0 aliphatic rings. The van der Waals surface area contributed by atoms with E-state index in [1.807, 2.05) is 49.4 Å². The molecule has 0 aliphatic heterocycles. The standard InChI is InChI=1S/C17H15NO3/c1-2-5-14-15(17(19)20)16(18-21-14)13-9-8-11-6-3-4-7-12(11)10-13/h3-4,6-10H,2,5H2,1H3,(H,19,20). The average Bonchev–Trinajstić information content (AvgIpc) is 2.91. The molecule has 0 bridgehead atoms. The van der Waals surface area contributed by atoms with Crippen molar-refractivity contribution in [2.75, 3.05) is 0 Å². The van der Waals surface area contributed by atoms with Crippen LogP contribution in [0.4, 0.5) is 0 Å². The maximum atomic E-state index is 11.5. The summed E-state index contributed by atoms with van der Waals surface area (Å²) < 4.78 is 5.23. The van der Waals surface area contributed by atoms with Gasteiger partial charge in [0.2, 0.25) is 0 Å². The Labute approximate surface area is 122 Å². The summed E-state index contributed by atoms with van der Waals surface area (Å²) >= 11 is 0. The molecule has 2 aromatic carbocycles. The first-order valence-electron chi connectivity index (χ1n) is 6.91. The number of fused-ring (bicyclic) bond motifs is 1. The number of hydrogen-bond donors (Lipinski definition) is 1. The smallest absolute Gasteiger partial charge is 0.341 e. The molecular weight excluding hydrogens is 266 g/mol. The van der Waals surface area contributed by atoms with Crippen molar-refractivity contribution in [1.82, 2.24) is 5.16 Å². The highest BCUT2D eigenvalue weighted by Crippen LogP contribution is 2.29. The van der Waals surface area contributed by atoms with E-state index in [1.54, 1.807) is 0 Å². The fourth-order valence-electron chi connectivity index (χ4n) is 2.48. The van der Waals surface area contributed by atoms with Crippen LogP contribution in [0.25, 0.3) is 22.0 Å². The van der Waals surface area contributed by atoms with Gasteiger partial charge < -0.3 is 9.63 Å². The largest absolute Gasteiger partial charge is 0.477 e. The number of aromatic carboxylic acids is 1.